The van der Waals surface area contributed by atoms with E-state index in [0.29, 0.717) is 31.0 Å². The molecule has 1 aliphatic carbocycles. The highest BCUT2D eigenvalue weighted by Crippen LogP contribution is 2.50. The maximum atomic E-state index is 11.5. The first-order valence-electron chi connectivity index (χ1n) is 6.65. The van der Waals surface area contributed by atoms with Crippen molar-refractivity contribution in [3.8, 4) is 0 Å². The maximum Gasteiger partial charge on any atom is 0.356 e. The molecule has 1 aromatic rings. The SMILES string of the molecule is CC1(C)CC1CNC(=O)NCCn1cnc(C(=O)O)c1. The molecule has 0 bridgehead atoms. The quantitative estimate of drug-likeness (QED) is 0.722. The number of carbonyl (C=O) groups is 2. The van der Waals surface area contributed by atoms with Gasteiger partial charge in [0.2, 0.25) is 0 Å². The summed E-state index contributed by atoms with van der Waals surface area (Å²) in [5.41, 5.74) is 0.363. The largest absolute Gasteiger partial charge is 0.476 e. The lowest BCUT2D eigenvalue weighted by molar-refractivity contribution is 0.0691. The van der Waals surface area contributed by atoms with Crippen molar-refractivity contribution in [3.63, 3.8) is 0 Å². The number of nitrogens with zero attached hydrogens (tertiary/aromatic N) is 2. The molecule has 0 saturated heterocycles. The van der Waals surface area contributed by atoms with Crippen LogP contribution in [0.2, 0.25) is 0 Å². The molecule has 0 spiro atoms. The van der Waals surface area contributed by atoms with E-state index in [2.05, 4.69) is 29.5 Å². The summed E-state index contributed by atoms with van der Waals surface area (Å²) in [6, 6.07) is -0.189. The summed E-state index contributed by atoms with van der Waals surface area (Å²) in [5, 5.41) is 14.3. The van der Waals surface area contributed by atoms with Crippen LogP contribution >= 0.6 is 0 Å². The first-order chi connectivity index (χ1) is 9.38. The Bertz CT molecular complexity index is 509. The number of aromatic carboxylic acids is 1. The van der Waals surface area contributed by atoms with Gasteiger partial charge in [0.1, 0.15) is 0 Å². The molecule has 1 unspecified atom stereocenters. The normalized spacial score (nSPS) is 19.4. The number of rotatable bonds is 6. The molecule has 2 rings (SSSR count). The second kappa shape index (κ2) is 5.52. The van der Waals surface area contributed by atoms with Crippen LogP contribution in [-0.2, 0) is 6.54 Å². The molecule has 2 amide bonds. The van der Waals surface area contributed by atoms with Gasteiger partial charge in [0.25, 0.3) is 0 Å². The fourth-order valence-electron chi connectivity index (χ4n) is 2.09. The fourth-order valence-corrected chi connectivity index (χ4v) is 2.09. The van der Waals surface area contributed by atoms with E-state index in [1.165, 1.54) is 12.5 Å². The van der Waals surface area contributed by atoms with Gasteiger partial charge in [-0.05, 0) is 17.8 Å². The van der Waals surface area contributed by atoms with Gasteiger partial charge < -0.3 is 20.3 Å². The number of urea groups is 1. The smallest absolute Gasteiger partial charge is 0.356 e. The van der Waals surface area contributed by atoms with Crippen LogP contribution in [-0.4, -0.2) is 39.7 Å². The molecule has 1 aliphatic rings. The zero-order chi connectivity index (χ0) is 14.8. The number of carboxylic acid groups (broad SMARTS) is 1. The number of hydrogen-bond donors (Lipinski definition) is 3. The van der Waals surface area contributed by atoms with E-state index in [4.69, 9.17) is 5.11 Å². The Balaban J connectivity index is 1.62. The van der Waals surface area contributed by atoms with Crippen LogP contribution in [0.25, 0.3) is 0 Å². The Hall–Kier alpha value is -2.05. The minimum atomic E-state index is -1.05. The second-order valence-corrected chi connectivity index (χ2v) is 5.83. The molecule has 20 heavy (non-hydrogen) atoms. The van der Waals surface area contributed by atoms with Crippen LogP contribution in [0.4, 0.5) is 4.79 Å². The van der Waals surface area contributed by atoms with Crippen molar-refractivity contribution in [1.82, 2.24) is 20.2 Å². The van der Waals surface area contributed by atoms with Crippen molar-refractivity contribution in [2.24, 2.45) is 11.3 Å². The molecule has 1 heterocycles. The number of amides is 2. The van der Waals surface area contributed by atoms with Gasteiger partial charge in [-0.25, -0.2) is 14.6 Å². The molecule has 0 radical (unpaired) electrons. The molecule has 1 atom stereocenters. The summed E-state index contributed by atoms with van der Waals surface area (Å²) in [6.45, 7) is 6.00. The number of imidazole rings is 1. The number of carbonyl (C=O) groups excluding carboxylic acids is 1. The van der Waals surface area contributed by atoms with Crippen molar-refractivity contribution in [2.75, 3.05) is 13.1 Å². The third kappa shape index (κ3) is 3.72. The highest BCUT2D eigenvalue weighted by molar-refractivity contribution is 5.84. The minimum Gasteiger partial charge on any atom is -0.476 e. The van der Waals surface area contributed by atoms with Crippen LogP contribution in [0.5, 0.6) is 0 Å². The summed E-state index contributed by atoms with van der Waals surface area (Å²) in [5.74, 6) is -0.485. The van der Waals surface area contributed by atoms with E-state index in [9.17, 15) is 9.59 Å². The summed E-state index contributed by atoms with van der Waals surface area (Å²) >= 11 is 0. The van der Waals surface area contributed by atoms with E-state index in [1.54, 1.807) is 4.57 Å². The molecule has 7 heteroatoms. The number of nitrogens with one attached hydrogen (secondary N) is 2. The average Bonchev–Trinajstić information content (AvgIpc) is 2.76. The standard InChI is InChI=1S/C13H20N4O3/c1-13(2)5-9(13)6-15-12(20)14-3-4-17-7-10(11(18)19)16-8-17/h7-9H,3-6H2,1-2H3,(H,18,19)(H2,14,15,20). The molecule has 0 aliphatic heterocycles. The summed E-state index contributed by atoms with van der Waals surface area (Å²) in [4.78, 5) is 25.9. The highest BCUT2D eigenvalue weighted by atomic mass is 16.4. The Labute approximate surface area is 117 Å². The molecular formula is C13H20N4O3. The second-order valence-electron chi connectivity index (χ2n) is 5.83. The lowest BCUT2D eigenvalue weighted by Crippen LogP contribution is -2.38. The topological polar surface area (TPSA) is 96.3 Å². The molecular weight excluding hydrogens is 260 g/mol. The average molecular weight is 280 g/mol. The Morgan fingerprint density at radius 3 is 2.75 bits per heavy atom. The van der Waals surface area contributed by atoms with E-state index in [0.717, 1.165) is 6.42 Å². The first-order valence-corrected chi connectivity index (χ1v) is 6.65. The third-order valence-corrected chi connectivity index (χ3v) is 3.73. The zero-order valence-corrected chi connectivity index (χ0v) is 11.7. The first kappa shape index (κ1) is 14.4. The van der Waals surface area contributed by atoms with Gasteiger partial charge in [-0.1, -0.05) is 13.8 Å². The Kier molecular flexibility index (Phi) is 3.96. The van der Waals surface area contributed by atoms with Crippen molar-refractivity contribution in [3.05, 3.63) is 18.2 Å². The van der Waals surface area contributed by atoms with Crippen LogP contribution in [0.3, 0.4) is 0 Å². The zero-order valence-electron chi connectivity index (χ0n) is 11.7. The molecule has 1 saturated carbocycles. The van der Waals surface area contributed by atoms with E-state index in [-0.39, 0.29) is 11.7 Å². The van der Waals surface area contributed by atoms with E-state index < -0.39 is 5.97 Å². The molecule has 7 nitrogen and oxygen atoms in total. The van der Waals surface area contributed by atoms with Gasteiger partial charge in [0.15, 0.2) is 5.69 Å². The predicted molar refractivity (Wildman–Crippen MR) is 72.5 cm³/mol. The molecule has 1 fully saturated rings. The van der Waals surface area contributed by atoms with Gasteiger partial charge >= 0.3 is 12.0 Å². The van der Waals surface area contributed by atoms with Crippen LogP contribution in [0.1, 0.15) is 30.8 Å². The fraction of sp³-hybridized carbons (Fsp3) is 0.615. The summed E-state index contributed by atoms with van der Waals surface area (Å²) < 4.78 is 1.63. The van der Waals surface area contributed by atoms with Crippen molar-refractivity contribution >= 4 is 12.0 Å². The Morgan fingerprint density at radius 1 is 1.50 bits per heavy atom. The third-order valence-electron chi connectivity index (χ3n) is 3.73. The van der Waals surface area contributed by atoms with Gasteiger partial charge in [0.05, 0.1) is 6.33 Å². The van der Waals surface area contributed by atoms with Gasteiger partial charge in [-0.3, -0.25) is 0 Å². The van der Waals surface area contributed by atoms with Gasteiger partial charge in [0, 0.05) is 25.8 Å². The van der Waals surface area contributed by atoms with Crippen LogP contribution in [0, 0.1) is 11.3 Å². The van der Waals surface area contributed by atoms with Gasteiger partial charge in [-0.15, -0.1) is 0 Å². The summed E-state index contributed by atoms with van der Waals surface area (Å²) in [6.07, 6.45) is 4.03. The molecule has 110 valence electrons. The molecule has 3 N–H and O–H groups in total. The lowest BCUT2D eigenvalue weighted by Gasteiger charge is -2.08. The number of hydrogen-bond acceptors (Lipinski definition) is 3. The van der Waals surface area contributed by atoms with Crippen molar-refractivity contribution < 1.29 is 14.7 Å². The maximum absolute atomic E-state index is 11.5. The monoisotopic (exact) mass is 280 g/mol. The highest BCUT2D eigenvalue weighted by Gasteiger charge is 2.45. The van der Waals surface area contributed by atoms with Gasteiger partial charge in [-0.2, -0.15) is 0 Å². The van der Waals surface area contributed by atoms with Crippen LogP contribution in [0.15, 0.2) is 12.5 Å². The Morgan fingerprint density at radius 2 is 2.20 bits per heavy atom. The minimum absolute atomic E-state index is 0.00502. The molecule has 0 aromatic carbocycles. The van der Waals surface area contributed by atoms with Crippen molar-refractivity contribution in [1.29, 1.82) is 0 Å². The summed E-state index contributed by atoms with van der Waals surface area (Å²) in [7, 11) is 0. The van der Waals surface area contributed by atoms with Crippen molar-refractivity contribution in [2.45, 2.75) is 26.8 Å². The lowest BCUT2D eigenvalue weighted by atomic mass is 10.1. The number of carboxylic acids is 1. The number of aromatic nitrogens is 2. The molecule has 1 aromatic heterocycles. The van der Waals surface area contributed by atoms with E-state index in [1.807, 2.05) is 0 Å². The van der Waals surface area contributed by atoms with Crippen LogP contribution < -0.4 is 10.6 Å². The predicted octanol–water partition coefficient (Wildman–Crippen LogP) is 0.927. The van der Waals surface area contributed by atoms with E-state index >= 15 is 0 Å².